The van der Waals surface area contributed by atoms with Gasteiger partial charge < -0.3 is 10.3 Å². The van der Waals surface area contributed by atoms with Crippen molar-refractivity contribution < 1.29 is 0 Å². The van der Waals surface area contributed by atoms with Crippen LogP contribution in [-0.4, -0.2) is 22.3 Å². The van der Waals surface area contributed by atoms with Gasteiger partial charge in [0.25, 0.3) is 0 Å². The van der Waals surface area contributed by atoms with E-state index in [4.69, 9.17) is 0 Å². The Morgan fingerprint density at radius 2 is 2.17 bits per heavy atom. The molecule has 2 N–H and O–H groups in total. The monoisotopic (exact) mass is 261 g/mol. The number of nitrogens with zero attached hydrogens (tertiary/aromatic N) is 1. The van der Waals surface area contributed by atoms with Gasteiger partial charge in [-0.05, 0) is 18.5 Å². The fourth-order valence-electron chi connectivity index (χ4n) is 1.77. The molecule has 1 unspecified atom stereocenters. The highest BCUT2D eigenvalue weighted by atomic mass is 32.2. The van der Waals surface area contributed by atoms with Gasteiger partial charge in [0.1, 0.15) is 0 Å². The summed E-state index contributed by atoms with van der Waals surface area (Å²) in [5, 5.41) is 4.57. The Hall–Kier alpha value is -1.26. The van der Waals surface area contributed by atoms with Crippen molar-refractivity contribution in [1.29, 1.82) is 0 Å². The first kappa shape index (κ1) is 13.2. The van der Waals surface area contributed by atoms with Crippen LogP contribution in [0.2, 0.25) is 0 Å². The Morgan fingerprint density at radius 3 is 2.83 bits per heavy atom. The number of aromatic nitrogens is 2. The Labute approximate surface area is 112 Å². The van der Waals surface area contributed by atoms with Gasteiger partial charge in [0.2, 0.25) is 0 Å². The van der Waals surface area contributed by atoms with Crippen LogP contribution in [-0.2, 0) is 0 Å². The van der Waals surface area contributed by atoms with Crippen molar-refractivity contribution in [2.75, 3.05) is 12.3 Å². The lowest BCUT2D eigenvalue weighted by Gasteiger charge is -2.18. The highest BCUT2D eigenvalue weighted by molar-refractivity contribution is 7.99. The minimum atomic E-state index is 0.376. The maximum absolute atomic E-state index is 4.24. The van der Waals surface area contributed by atoms with Crippen molar-refractivity contribution in [3.63, 3.8) is 0 Å². The van der Waals surface area contributed by atoms with Crippen molar-refractivity contribution >= 4 is 11.8 Å². The molecule has 1 aromatic carbocycles. The molecule has 0 amide bonds. The molecule has 0 saturated heterocycles. The SMILES string of the molecule is CCCNC(CSc1ncc[nH]1)c1ccccc1. The van der Waals surface area contributed by atoms with Crippen molar-refractivity contribution in [2.24, 2.45) is 0 Å². The predicted octanol–water partition coefficient (Wildman–Crippen LogP) is 3.24. The molecule has 0 radical (unpaired) electrons. The summed E-state index contributed by atoms with van der Waals surface area (Å²) in [6.07, 6.45) is 4.80. The quantitative estimate of drug-likeness (QED) is 0.752. The molecule has 18 heavy (non-hydrogen) atoms. The van der Waals surface area contributed by atoms with Gasteiger partial charge in [0.15, 0.2) is 5.16 Å². The Kier molecular flexibility index (Phi) is 5.30. The zero-order chi connectivity index (χ0) is 12.6. The molecule has 4 heteroatoms. The van der Waals surface area contributed by atoms with Crippen LogP contribution < -0.4 is 5.32 Å². The van der Waals surface area contributed by atoms with Crippen LogP contribution in [0, 0.1) is 0 Å². The third-order valence-corrected chi connectivity index (χ3v) is 3.70. The van der Waals surface area contributed by atoms with E-state index < -0.39 is 0 Å². The number of hydrogen-bond donors (Lipinski definition) is 2. The van der Waals surface area contributed by atoms with Gasteiger partial charge in [-0.3, -0.25) is 0 Å². The number of rotatable bonds is 7. The first-order valence-electron chi connectivity index (χ1n) is 6.30. The summed E-state index contributed by atoms with van der Waals surface area (Å²) in [6, 6.07) is 11.0. The Morgan fingerprint density at radius 1 is 1.33 bits per heavy atom. The van der Waals surface area contributed by atoms with Crippen molar-refractivity contribution in [1.82, 2.24) is 15.3 Å². The van der Waals surface area contributed by atoms with E-state index in [1.807, 2.05) is 6.20 Å². The van der Waals surface area contributed by atoms with Crippen LogP contribution in [0.3, 0.4) is 0 Å². The molecule has 1 atom stereocenters. The number of aromatic amines is 1. The molecule has 0 saturated carbocycles. The van der Waals surface area contributed by atoms with Gasteiger partial charge in [0.05, 0.1) is 0 Å². The summed E-state index contributed by atoms with van der Waals surface area (Å²) < 4.78 is 0. The molecule has 0 fully saturated rings. The van der Waals surface area contributed by atoms with Gasteiger partial charge in [0, 0.05) is 24.2 Å². The normalized spacial score (nSPS) is 12.5. The second kappa shape index (κ2) is 7.24. The van der Waals surface area contributed by atoms with Gasteiger partial charge in [-0.2, -0.15) is 0 Å². The summed E-state index contributed by atoms with van der Waals surface area (Å²) in [7, 11) is 0. The first-order valence-corrected chi connectivity index (χ1v) is 7.29. The van der Waals surface area contributed by atoms with E-state index in [1.165, 1.54) is 5.56 Å². The van der Waals surface area contributed by atoms with Crippen LogP contribution in [0.5, 0.6) is 0 Å². The van der Waals surface area contributed by atoms with Crippen LogP contribution in [0.4, 0.5) is 0 Å². The maximum Gasteiger partial charge on any atom is 0.165 e. The lowest BCUT2D eigenvalue weighted by atomic mass is 10.1. The molecule has 0 spiro atoms. The van der Waals surface area contributed by atoms with E-state index in [9.17, 15) is 0 Å². The Balaban J connectivity index is 1.96. The molecule has 2 rings (SSSR count). The van der Waals surface area contributed by atoms with Crippen molar-refractivity contribution in [2.45, 2.75) is 24.5 Å². The van der Waals surface area contributed by atoms with Crippen LogP contribution in [0.25, 0.3) is 0 Å². The van der Waals surface area contributed by atoms with Crippen molar-refractivity contribution in [3.8, 4) is 0 Å². The van der Waals surface area contributed by atoms with Crippen LogP contribution >= 0.6 is 11.8 Å². The van der Waals surface area contributed by atoms with Gasteiger partial charge >= 0.3 is 0 Å². The van der Waals surface area contributed by atoms with E-state index >= 15 is 0 Å². The number of hydrogen-bond acceptors (Lipinski definition) is 3. The van der Waals surface area contributed by atoms with Crippen molar-refractivity contribution in [3.05, 3.63) is 48.3 Å². The van der Waals surface area contributed by atoms with E-state index in [-0.39, 0.29) is 0 Å². The average Bonchev–Trinajstić information content (AvgIpc) is 2.93. The molecule has 0 bridgehead atoms. The molecule has 0 aliphatic carbocycles. The Bertz CT molecular complexity index is 428. The molecule has 2 aromatic rings. The van der Waals surface area contributed by atoms with E-state index in [1.54, 1.807) is 18.0 Å². The average molecular weight is 261 g/mol. The standard InChI is InChI=1S/C14H19N3S/c1-2-8-15-13(12-6-4-3-5-7-12)11-18-14-16-9-10-17-14/h3-7,9-10,13,15H,2,8,11H2,1H3,(H,16,17). The van der Waals surface area contributed by atoms with Crippen LogP contribution in [0.15, 0.2) is 47.9 Å². The third kappa shape index (κ3) is 3.89. The number of nitrogens with one attached hydrogen (secondary N) is 2. The predicted molar refractivity (Wildman–Crippen MR) is 76.8 cm³/mol. The summed E-state index contributed by atoms with van der Waals surface area (Å²) >= 11 is 1.75. The fraction of sp³-hybridized carbons (Fsp3) is 0.357. The van der Waals surface area contributed by atoms with Gasteiger partial charge in [-0.25, -0.2) is 4.98 Å². The largest absolute Gasteiger partial charge is 0.340 e. The summed E-state index contributed by atoms with van der Waals surface area (Å²) in [4.78, 5) is 7.37. The molecular weight excluding hydrogens is 242 g/mol. The van der Waals surface area contributed by atoms with E-state index in [2.05, 4.69) is 52.5 Å². The zero-order valence-electron chi connectivity index (χ0n) is 10.6. The number of thioether (sulfide) groups is 1. The smallest absolute Gasteiger partial charge is 0.165 e. The summed E-state index contributed by atoms with van der Waals surface area (Å²) in [5.41, 5.74) is 1.34. The highest BCUT2D eigenvalue weighted by Crippen LogP contribution is 2.22. The molecule has 1 aromatic heterocycles. The third-order valence-electron chi connectivity index (χ3n) is 2.70. The second-order valence-corrected chi connectivity index (χ2v) is 5.13. The second-order valence-electron chi connectivity index (χ2n) is 4.12. The molecule has 1 heterocycles. The summed E-state index contributed by atoms with van der Waals surface area (Å²) in [5.74, 6) is 0.984. The lowest BCUT2D eigenvalue weighted by molar-refractivity contribution is 0.577. The first-order chi connectivity index (χ1) is 8.90. The maximum atomic E-state index is 4.24. The minimum Gasteiger partial charge on any atom is -0.340 e. The molecule has 0 aliphatic heterocycles. The van der Waals surface area contributed by atoms with Gasteiger partial charge in [-0.15, -0.1) is 0 Å². The van der Waals surface area contributed by atoms with E-state index in [0.717, 1.165) is 23.9 Å². The van der Waals surface area contributed by atoms with Gasteiger partial charge in [-0.1, -0.05) is 49.0 Å². The molecule has 96 valence electrons. The molecular formula is C14H19N3S. The zero-order valence-corrected chi connectivity index (χ0v) is 11.4. The highest BCUT2D eigenvalue weighted by Gasteiger charge is 2.11. The topological polar surface area (TPSA) is 40.7 Å². The fourth-order valence-corrected chi connectivity index (χ4v) is 2.69. The number of H-pyrrole nitrogens is 1. The molecule has 0 aliphatic rings. The lowest BCUT2D eigenvalue weighted by Crippen LogP contribution is -2.24. The minimum absolute atomic E-state index is 0.376. The summed E-state index contributed by atoms with van der Waals surface area (Å²) in [6.45, 7) is 3.23. The number of imidazole rings is 1. The van der Waals surface area contributed by atoms with E-state index in [0.29, 0.717) is 6.04 Å². The van der Waals surface area contributed by atoms with Crippen LogP contribution in [0.1, 0.15) is 24.9 Å². The molecule has 3 nitrogen and oxygen atoms in total. The number of benzene rings is 1.